The number of aromatic amines is 1. The Morgan fingerprint density at radius 2 is 1.91 bits per heavy atom. The second-order valence-electron chi connectivity index (χ2n) is 5.08. The molecule has 0 aliphatic rings. The van der Waals surface area contributed by atoms with E-state index in [2.05, 4.69) is 20.3 Å². The van der Waals surface area contributed by atoms with Crippen LogP contribution < -0.4 is 5.32 Å². The van der Waals surface area contributed by atoms with Crippen molar-refractivity contribution in [1.29, 1.82) is 0 Å². The molecule has 1 atom stereocenters. The maximum Gasteiger partial charge on any atom is 0.335 e. The first-order chi connectivity index (χ1) is 11.1. The van der Waals surface area contributed by atoms with Crippen molar-refractivity contribution >= 4 is 22.9 Å². The van der Waals surface area contributed by atoms with Crippen LogP contribution in [0.15, 0.2) is 42.9 Å². The van der Waals surface area contributed by atoms with E-state index in [4.69, 9.17) is 5.11 Å². The summed E-state index contributed by atoms with van der Waals surface area (Å²) >= 11 is 0. The van der Waals surface area contributed by atoms with Crippen molar-refractivity contribution in [2.45, 2.75) is 13.0 Å². The van der Waals surface area contributed by atoms with E-state index in [9.17, 15) is 9.59 Å². The first-order valence-corrected chi connectivity index (χ1v) is 6.98. The van der Waals surface area contributed by atoms with Crippen molar-refractivity contribution in [2.24, 2.45) is 0 Å². The molecule has 0 bridgehead atoms. The Kier molecular flexibility index (Phi) is 3.76. The summed E-state index contributed by atoms with van der Waals surface area (Å²) in [6.07, 6.45) is 3.03. The van der Waals surface area contributed by atoms with Gasteiger partial charge >= 0.3 is 5.97 Å². The number of aromatic nitrogens is 3. The molecule has 116 valence electrons. The number of H-pyrrole nitrogens is 1. The van der Waals surface area contributed by atoms with Crippen LogP contribution in [-0.4, -0.2) is 31.9 Å². The lowest BCUT2D eigenvalue weighted by Gasteiger charge is -2.14. The number of amides is 1. The van der Waals surface area contributed by atoms with Gasteiger partial charge in [-0.3, -0.25) is 4.79 Å². The number of benzene rings is 1. The molecule has 3 N–H and O–H groups in total. The molecule has 7 heteroatoms. The van der Waals surface area contributed by atoms with E-state index < -0.39 is 5.97 Å². The zero-order valence-corrected chi connectivity index (χ0v) is 12.3. The van der Waals surface area contributed by atoms with Gasteiger partial charge in [0.15, 0.2) is 0 Å². The van der Waals surface area contributed by atoms with E-state index in [1.54, 1.807) is 24.4 Å². The molecular weight excluding hydrogens is 296 g/mol. The zero-order valence-electron chi connectivity index (χ0n) is 12.3. The van der Waals surface area contributed by atoms with Crippen LogP contribution in [0.3, 0.4) is 0 Å². The average molecular weight is 310 g/mol. The number of carboxylic acids is 1. The van der Waals surface area contributed by atoms with Crippen LogP contribution in [0.5, 0.6) is 0 Å². The van der Waals surface area contributed by atoms with E-state index in [1.165, 1.54) is 18.5 Å². The Morgan fingerprint density at radius 3 is 2.61 bits per heavy atom. The molecule has 0 radical (unpaired) electrons. The summed E-state index contributed by atoms with van der Waals surface area (Å²) in [5.41, 5.74) is 1.91. The van der Waals surface area contributed by atoms with Crippen molar-refractivity contribution in [2.75, 3.05) is 0 Å². The van der Waals surface area contributed by atoms with Crippen LogP contribution in [0.2, 0.25) is 0 Å². The number of carbonyl (C=O) groups excluding carboxylic acids is 1. The van der Waals surface area contributed by atoms with Crippen molar-refractivity contribution in [3.05, 3.63) is 59.7 Å². The summed E-state index contributed by atoms with van der Waals surface area (Å²) in [6, 6.07) is 7.84. The normalized spacial score (nSPS) is 12.0. The van der Waals surface area contributed by atoms with Gasteiger partial charge in [-0.15, -0.1) is 0 Å². The number of carbonyl (C=O) groups is 2. The number of hydrogen-bond acceptors (Lipinski definition) is 4. The molecule has 1 aromatic carbocycles. The quantitative estimate of drug-likeness (QED) is 0.684. The molecule has 7 nitrogen and oxygen atoms in total. The SMILES string of the molecule is C[C@@H](NC(=O)c1ncnc2[nH]ccc12)c1ccc(C(=O)O)cc1. The zero-order chi connectivity index (χ0) is 16.4. The van der Waals surface area contributed by atoms with Crippen LogP contribution in [0, 0.1) is 0 Å². The predicted octanol–water partition coefficient (Wildman–Crippen LogP) is 2.15. The summed E-state index contributed by atoms with van der Waals surface area (Å²) in [6.45, 7) is 1.82. The van der Waals surface area contributed by atoms with Crippen molar-refractivity contribution in [1.82, 2.24) is 20.3 Å². The highest BCUT2D eigenvalue weighted by atomic mass is 16.4. The third kappa shape index (κ3) is 2.89. The number of hydrogen-bond donors (Lipinski definition) is 3. The first kappa shape index (κ1) is 14.7. The molecule has 0 saturated heterocycles. The second kappa shape index (κ2) is 5.88. The summed E-state index contributed by atoms with van der Waals surface area (Å²) in [5, 5.41) is 12.4. The van der Waals surface area contributed by atoms with Gasteiger partial charge < -0.3 is 15.4 Å². The number of rotatable bonds is 4. The number of aromatic carboxylic acids is 1. The number of nitrogens with zero attached hydrogens (tertiary/aromatic N) is 2. The molecular formula is C16H14N4O3. The van der Waals surface area contributed by atoms with E-state index in [-0.39, 0.29) is 17.5 Å². The average Bonchev–Trinajstić information content (AvgIpc) is 3.03. The summed E-state index contributed by atoms with van der Waals surface area (Å²) in [7, 11) is 0. The van der Waals surface area contributed by atoms with Gasteiger partial charge in [-0.05, 0) is 30.7 Å². The van der Waals surface area contributed by atoms with Gasteiger partial charge in [-0.25, -0.2) is 14.8 Å². The molecule has 1 amide bonds. The topological polar surface area (TPSA) is 108 Å². The predicted molar refractivity (Wildman–Crippen MR) is 83.2 cm³/mol. The molecule has 0 aliphatic heterocycles. The fourth-order valence-corrected chi connectivity index (χ4v) is 2.32. The Morgan fingerprint density at radius 1 is 1.17 bits per heavy atom. The minimum Gasteiger partial charge on any atom is -0.478 e. The van der Waals surface area contributed by atoms with Gasteiger partial charge in [0.1, 0.15) is 17.7 Å². The Bertz CT molecular complexity index is 870. The lowest BCUT2D eigenvalue weighted by atomic mass is 10.1. The van der Waals surface area contributed by atoms with E-state index in [0.29, 0.717) is 16.7 Å². The van der Waals surface area contributed by atoms with Gasteiger partial charge in [0, 0.05) is 6.20 Å². The lowest BCUT2D eigenvalue weighted by Crippen LogP contribution is -2.27. The Labute approximate surface area is 131 Å². The van der Waals surface area contributed by atoms with Gasteiger partial charge in [-0.1, -0.05) is 12.1 Å². The summed E-state index contributed by atoms with van der Waals surface area (Å²) in [4.78, 5) is 34.3. The fraction of sp³-hybridized carbons (Fsp3) is 0.125. The number of fused-ring (bicyclic) bond motifs is 1. The monoisotopic (exact) mass is 310 g/mol. The van der Waals surface area contributed by atoms with Crippen molar-refractivity contribution in [3.8, 4) is 0 Å². The minimum absolute atomic E-state index is 0.206. The van der Waals surface area contributed by atoms with E-state index in [0.717, 1.165) is 5.56 Å². The first-order valence-electron chi connectivity index (χ1n) is 6.98. The summed E-state index contributed by atoms with van der Waals surface area (Å²) < 4.78 is 0. The van der Waals surface area contributed by atoms with Crippen LogP contribution >= 0.6 is 0 Å². The molecule has 0 spiro atoms. The molecule has 3 aromatic rings. The molecule has 23 heavy (non-hydrogen) atoms. The molecule has 0 unspecified atom stereocenters. The van der Waals surface area contributed by atoms with Gasteiger partial charge in [-0.2, -0.15) is 0 Å². The third-order valence-corrected chi connectivity index (χ3v) is 3.57. The summed E-state index contributed by atoms with van der Waals surface area (Å²) in [5.74, 6) is -1.30. The largest absolute Gasteiger partial charge is 0.478 e. The van der Waals surface area contributed by atoms with Gasteiger partial charge in [0.25, 0.3) is 5.91 Å². The Balaban J connectivity index is 1.79. The smallest absolute Gasteiger partial charge is 0.335 e. The molecule has 3 rings (SSSR count). The second-order valence-corrected chi connectivity index (χ2v) is 5.08. The van der Waals surface area contributed by atoms with Gasteiger partial charge in [0.05, 0.1) is 17.0 Å². The third-order valence-electron chi connectivity index (χ3n) is 3.57. The highest BCUT2D eigenvalue weighted by molar-refractivity contribution is 6.03. The molecule has 2 aromatic heterocycles. The van der Waals surface area contributed by atoms with Crippen molar-refractivity contribution in [3.63, 3.8) is 0 Å². The molecule has 0 saturated carbocycles. The van der Waals surface area contributed by atoms with E-state index >= 15 is 0 Å². The fourth-order valence-electron chi connectivity index (χ4n) is 2.32. The maximum absolute atomic E-state index is 12.4. The highest BCUT2D eigenvalue weighted by Crippen LogP contribution is 2.17. The lowest BCUT2D eigenvalue weighted by molar-refractivity contribution is 0.0696. The molecule has 0 fully saturated rings. The maximum atomic E-state index is 12.4. The van der Waals surface area contributed by atoms with E-state index in [1.807, 2.05) is 6.92 Å². The number of nitrogens with one attached hydrogen (secondary N) is 2. The Hall–Kier alpha value is -3.22. The minimum atomic E-state index is -0.982. The van der Waals surface area contributed by atoms with Crippen LogP contribution in [0.1, 0.15) is 39.4 Å². The van der Waals surface area contributed by atoms with Crippen LogP contribution in [0.25, 0.3) is 11.0 Å². The molecule has 0 aliphatic carbocycles. The van der Waals surface area contributed by atoms with Crippen molar-refractivity contribution < 1.29 is 14.7 Å². The van der Waals surface area contributed by atoms with Crippen LogP contribution in [-0.2, 0) is 0 Å². The highest BCUT2D eigenvalue weighted by Gasteiger charge is 2.16. The molecule has 2 heterocycles. The van der Waals surface area contributed by atoms with Crippen LogP contribution in [0.4, 0.5) is 0 Å². The number of carboxylic acid groups (broad SMARTS) is 1. The van der Waals surface area contributed by atoms with Gasteiger partial charge in [0.2, 0.25) is 0 Å². The standard InChI is InChI=1S/C16H14N4O3/c1-9(10-2-4-11(5-3-10)16(22)23)20-15(21)13-12-6-7-17-14(12)19-8-18-13/h2-9H,1H3,(H,20,21)(H,22,23)(H,17,18,19)/t9-/m1/s1.